The van der Waals surface area contributed by atoms with Crippen molar-refractivity contribution in [1.82, 2.24) is 4.98 Å². The second-order valence-corrected chi connectivity index (χ2v) is 6.83. The Hall–Kier alpha value is -2.24. The molecule has 0 aliphatic heterocycles. The molecule has 128 valence electrons. The molecule has 25 heavy (non-hydrogen) atoms. The van der Waals surface area contributed by atoms with Gasteiger partial charge in [0.2, 0.25) is 5.89 Å². The lowest BCUT2D eigenvalue weighted by Gasteiger charge is -2.09. The van der Waals surface area contributed by atoms with Crippen molar-refractivity contribution in [2.45, 2.75) is 18.7 Å². The van der Waals surface area contributed by atoms with Crippen molar-refractivity contribution in [3.05, 3.63) is 64.5 Å². The number of carbonyl (C=O) groups excluding carboxylic acids is 1. The molecule has 0 saturated carbocycles. The molecule has 3 rings (SSSR count). The minimum absolute atomic E-state index is 0.252. The van der Waals surface area contributed by atoms with E-state index in [1.54, 1.807) is 23.9 Å². The average Bonchev–Trinajstić information content (AvgIpc) is 2.94. The number of thioether (sulfide) groups is 1. The van der Waals surface area contributed by atoms with Crippen molar-refractivity contribution >= 4 is 35.0 Å². The van der Waals surface area contributed by atoms with Gasteiger partial charge in [-0.3, -0.25) is 4.79 Å². The maximum absolute atomic E-state index is 12.6. The van der Waals surface area contributed by atoms with Gasteiger partial charge in [0.05, 0.1) is 16.3 Å². The van der Waals surface area contributed by atoms with Crippen LogP contribution in [-0.4, -0.2) is 17.1 Å². The first-order valence-electron chi connectivity index (χ1n) is 7.67. The van der Waals surface area contributed by atoms with E-state index in [4.69, 9.17) is 16.0 Å². The molecule has 1 aromatic heterocycles. The number of nitrogens with zero attached hydrogens (tertiary/aromatic N) is 1. The van der Waals surface area contributed by atoms with Gasteiger partial charge in [-0.2, -0.15) is 0 Å². The molecule has 3 aromatic rings. The second-order valence-electron chi connectivity index (χ2n) is 5.54. The van der Waals surface area contributed by atoms with Crippen LogP contribution in [0.25, 0.3) is 11.5 Å². The van der Waals surface area contributed by atoms with Crippen LogP contribution in [0.4, 0.5) is 5.69 Å². The highest BCUT2D eigenvalue weighted by molar-refractivity contribution is 7.98. The summed E-state index contributed by atoms with van der Waals surface area (Å²) in [6.45, 7) is 3.77. The Labute approximate surface area is 155 Å². The number of benzene rings is 2. The zero-order valence-electron chi connectivity index (χ0n) is 14.1. The maximum Gasteiger partial charge on any atom is 0.257 e. The van der Waals surface area contributed by atoms with Gasteiger partial charge >= 0.3 is 0 Å². The van der Waals surface area contributed by atoms with Crippen LogP contribution in [0.5, 0.6) is 0 Å². The molecular weight excluding hydrogens is 356 g/mol. The molecule has 1 amide bonds. The van der Waals surface area contributed by atoms with E-state index in [1.807, 2.05) is 50.4 Å². The largest absolute Gasteiger partial charge is 0.441 e. The van der Waals surface area contributed by atoms with E-state index in [-0.39, 0.29) is 5.91 Å². The molecule has 2 aromatic carbocycles. The number of nitrogens with one attached hydrogen (secondary N) is 1. The van der Waals surface area contributed by atoms with Gasteiger partial charge in [0, 0.05) is 16.1 Å². The summed E-state index contributed by atoms with van der Waals surface area (Å²) in [5, 5.41) is 3.30. The number of halogens is 1. The third kappa shape index (κ3) is 3.89. The minimum atomic E-state index is -0.252. The first-order chi connectivity index (χ1) is 12.0. The minimum Gasteiger partial charge on any atom is -0.441 e. The molecule has 0 aliphatic carbocycles. The Morgan fingerprint density at radius 1 is 1.20 bits per heavy atom. The normalized spacial score (nSPS) is 10.7. The van der Waals surface area contributed by atoms with Gasteiger partial charge in [0.1, 0.15) is 5.76 Å². The quantitative estimate of drug-likeness (QED) is 0.607. The number of anilines is 1. The third-order valence-electron chi connectivity index (χ3n) is 3.81. The molecule has 0 radical (unpaired) electrons. The Morgan fingerprint density at radius 2 is 2.00 bits per heavy atom. The molecule has 0 atom stereocenters. The van der Waals surface area contributed by atoms with Crippen LogP contribution in [0.2, 0.25) is 5.02 Å². The highest BCUT2D eigenvalue weighted by Gasteiger charge is 2.13. The zero-order valence-corrected chi connectivity index (χ0v) is 15.7. The lowest BCUT2D eigenvalue weighted by Crippen LogP contribution is -2.12. The van der Waals surface area contributed by atoms with E-state index in [9.17, 15) is 4.79 Å². The Morgan fingerprint density at radius 3 is 2.68 bits per heavy atom. The lowest BCUT2D eigenvalue weighted by atomic mass is 10.1. The number of oxazole rings is 1. The van der Waals surface area contributed by atoms with Crippen molar-refractivity contribution in [2.24, 2.45) is 0 Å². The predicted molar refractivity (Wildman–Crippen MR) is 103 cm³/mol. The van der Waals surface area contributed by atoms with Crippen LogP contribution >= 0.6 is 23.4 Å². The molecule has 4 nitrogen and oxygen atoms in total. The molecule has 0 saturated heterocycles. The van der Waals surface area contributed by atoms with Crippen LogP contribution in [-0.2, 0) is 0 Å². The first kappa shape index (κ1) is 17.6. The van der Waals surface area contributed by atoms with Gasteiger partial charge in [-0.15, -0.1) is 11.8 Å². The molecule has 1 heterocycles. The number of hydrogen-bond donors (Lipinski definition) is 1. The van der Waals surface area contributed by atoms with Crippen LogP contribution < -0.4 is 5.32 Å². The van der Waals surface area contributed by atoms with E-state index in [0.717, 1.165) is 21.9 Å². The van der Waals surface area contributed by atoms with E-state index in [2.05, 4.69) is 10.3 Å². The highest BCUT2D eigenvalue weighted by atomic mass is 35.5. The monoisotopic (exact) mass is 372 g/mol. The number of aryl methyl sites for hydroxylation is 2. The fourth-order valence-corrected chi connectivity index (χ4v) is 2.97. The molecule has 1 N–H and O–H groups in total. The van der Waals surface area contributed by atoms with Crippen molar-refractivity contribution < 1.29 is 9.21 Å². The standard InChI is InChI=1S/C19H17ClN2O2S/c1-11-12(2)24-19(21-11)13-5-4-6-14(9-13)22-18(23)16-10-15(25-3)7-8-17(16)20/h4-10H,1-3H3,(H,22,23). The molecule has 6 heteroatoms. The summed E-state index contributed by atoms with van der Waals surface area (Å²) in [5.41, 5.74) is 2.76. The third-order valence-corrected chi connectivity index (χ3v) is 4.87. The predicted octanol–water partition coefficient (Wildman–Crippen LogP) is 5.59. The van der Waals surface area contributed by atoms with E-state index >= 15 is 0 Å². The topological polar surface area (TPSA) is 55.1 Å². The molecule has 0 aliphatic rings. The van der Waals surface area contributed by atoms with E-state index in [1.165, 1.54) is 0 Å². The Bertz CT molecular complexity index is 917. The van der Waals surface area contributed by atoms with Crippen molar-refractivity contribution in [3.63, 3.8) is 0 Å². The van der Waals surface area contributed by atoms with Crippen LogP contribution in [0.3, 0.4) is 0 Å². The molecular formula is C19H17ClN2O2S. The molecule has 0 fully saturated rings. The van der Waals surface area contributed by atoms with E-state index < -0.39 is 0 Å². The summed E-state index contributed by atoms with van der Waals surface area (Å²) < 4.78 is 5.65. The number of rotatable bonds is 4. The SMILES string of the molecule is CSc1ccc(Cl)c(C(=O)Nc2cccc(-c3nc(C)c(C)o3)c2)c1. The number of carbonyl (C=O) groups is 1. The summed E-state index contributed by atoms with van der Waals surface area (Å²) in [4.78, 5) is 17.9. The maximum atomic E-state index is 12.6. The zero-order chi connectivity index (χ0) is 18.0. The number of amides is 1. The Balaban J connectivity index is 1.86. The van der Waals surface area contributed by atoms with E-state index in [0.29, 0.717) is 22.2 Å². The smallest absolute Gasteiger partial charge is 0.257 e. The van der Waals surface area contributed by atoms with Crippen molar-refractivity contribution in [2.75, 3.05) is 11.6 Å². The fraction of sp³-hybridized carbons (Fsp3) is 0.158. The first-order valence-corrected chi connectivity index (χ1v) is 9.27. The van der Waals surface area contributed by atoms with Crippen LogP contribution in [0.1, 0.15) is 21.8 Å². The molecule has 0 bridgehead atoms. The molecule has 0 unspecified atom stereocenters. The Kier molecular flexibility index (Phi) is 5.16. The van der Waals surface area contributed by atoms with Gasteiger partial charge in [0.25, 0.3) is 5.91 Å². The van der Waals surface area contributed by atoms with Gasteiger partial charge in [-0.25, -0.2) is 4.98 Å². The van der Waals surface area contributed by atoms with Gasteiger partial charge in [0.15, 0.2) is 0 Å². The lowest BCUT2D eigenvalue weighted by molar-refractivity contribution is 0.102. The summed E-state index contributed by atoms with van der Waals surface area (Å²) in [5.74, 6) is 1.07. The number of aromatic nitrogens is 1. The summed E-state index contributed by atoms with van der Waals surface area (Å²) in [6.07, 6.45) is 1.95. The molecule has 0 spiro atoms. The summed E-state index contributed by atoms with van der Waals surface area (Å²) in [7, 11) is 0. The van der Waals surface area contributed by atoms with Crippen LogP contribution in [0, 0.1) is 13.8 Å². The van der Waals surface area contributed by atoms with Gasteiger partial charge in [-0.05, 0) is 56.5 Å². The summed E-state index contributed by atoms with van der Waals surface area (Å²) >= 11 is 7.73. The fourth-order valence-electron chi connectivity index (χ4n) is 2.33. The average molecular weight is 373 g/mol. The van der Waals surface area contributed by atoms with Gasteiger partial charge < -0.3 is 9.73 Å². The highest BCUT2D eigenvalue weighted by Crippen LogP contribution is 2.26. The van der Waals surface area contributed by atoms with Crippen molar-refractivity contribution in [3.8, 4) is 11.5 Å². The summed E-state index contributed by atoms with van der Waals surface area (Å²) in [6, 6.07) is 12.8. The van der Waals surface area contributed by atoms with Gasteiger partial charge in [-0.1, -0.05) is 17.7 Å². The second kappa shape index (κ2) is 7.33. The number of hydrogen-bond acceptors (Lipinski definition) is 4. The van der Waals surface area contributed by atoms with Crippen molar-refractivity contribution in [1.29, 1.82) is 0 Å². The van der Waals surface area contributed by atoms with Crippen LogP contribution in [0.15, 0.2) is 51.8 Å².